The van der Waals surface area contributed by atoms with Crippen molar-refractivity contribution in [1.29, 1.82) is 0 Å². The van der Waals surface area contributed by atoms with E-state index >= 15 is 0 Å². The van der Waals surface area contributed by atoms with E-state index in [-0.39, 0.29) is 0 Å². The molecule has 0 saturated heterocycles. The highest BCUT2D eigenvalue weighted by molar-refractivity contribution is 6.32. The zero-order chi connectivity index (χ0) is 7.56. The minimum atomic E-state index is 0.356. The zero-order valence-electron chi connectivity index (χ0n) is 5.76. The molecule has 0 aromatic heterocycles. The SMILES string of the molecule is CC1=CCC(O)=CC=C1Cl. The van der Waals surface area contributed by atoms with Gasteiger partial charge in [0.15, 0.2) is 0 Å². The van der Waals surface area contributed by atoms with E-state index in [0.717, 1.165) is 5.57 Å². The van der Waals surface area contributed by atoms with E-state index in [9.17, 15) is 0 Å². The Bertz CT molecular complexity index is 223. The van der Waals surface area contributed by atoms with E-state index in [4.69, 9.17) is 16.7 Å². The monoisotopic (exact) mass is 156 g/mol. The Morgan fingerprint density at radius 1 is 1.50 bits per heavy atom. The summed E-state index contributed by atoms with van der Waals surface area (Å²) in [6.07, 6.45) is 5.81. The van der Waals surface area contributed by atoms with Gasteiger partial charge in [-0.2, -0.15) is 0 Å². The van der Waals surface area contributed by atoms with Crippen molar-refractivity contribution in [2.75, 3.05) is 0 Å². The summed E-state index contributed by atoms with van der Waals surface area (Å²) in [5, 5.41) is 9.74. The molecule has 1 aliphatic carbocycles. The highest BCUT2D eigenvalue weighted by Gasteiger charge is 1.99. The molecule has 0 aromatic rings. The van der Waals surface area contributed by atoms with Crippen LogP contribution < -0.4 is 0 Å². The Morgan fingerprint density at radius 2 is 2.20 bits per heavy atom. The van der Waals surface area contributed by atoms with Gasteiger partial charge in [0.2, 0.25) is 0 Å². The molecule has 0 amide bonds. The van der Waals surface area contributed by atoms with Crippen molar-refractivity contribution in [2.24, 2.45) is 0 Å². The van der Waals surface area contributed by atoms with E-state index in [1.54, 1.807) is 12.2 Å². The minimum Gasteiger partial charge on any atom is -0.512 e. The molecule has 0 bridgehead atoms. The molecular weight excluding hydrogens is 148 g/mol. The first-order valence-electron chi connectivity index (χ1n) is 3.12. The number of aliphatic hydroxyl groups excluding tert-OH is 1. The van der Waals surface area contributed by atoms with Gasteiger partial charge in [-0.25, -0.2) is 0 Å². The Morgan fingerprint density at radius 3 is 2.90 bits per heavy atom. The number of hydrogen-bond acceptors (Lipinski definition) is 1. The first-order valence-corrected chi connectivity index (χ1v) is 3.50. The second kappa shape index (κ2) is 2.93. The van der Waals surface area contributed by atoms with Crippen LogP contribution in [0.3, 0.4) is 0 Å². The first kappa shape index (κ1) is 7.42. The number of aliphatic hydroxyl groups is 1. The van der Waals surface area contributed by atoms with Gasteiger partial charge in [-0.15, -0.1) is 0 Å². The summed E-state index contributed by atoms with van der Waals surface area (Å²) in [6.45, 7) is 1.92. The predicted molar refractivity (Wildman–Crippen MR) is 43.0 cm³/mol. The molecule has 1 N–H and O–H groups in total. The summed E-state index contributed by atoms with van der Waals surface area (Å²) in [5.74, 6) is 0.356. The van der Waals surface area contributed by atoms with E-state index in [1.807, 2.05) is 13.0 Å². The summed E-state index contributed by atoms with van der Waals surface area (Å²) in [4.78, 5) is 0. The maximum absolute atomic E-state index is 9.04. The van der Waals surface area contributed by atoms with Gasteiger partial charge in [-0.3, -0.25) is 0 Å². The summed E-state index contributed by atoms with van der Waals surface area (Å²) < 4.78 is 0. The predicted octanol–water partition coefficient (Wildman–Crippen LogP) is 2.90. The second-order valence-electron chi connectivity index (χ2n) is 2.26. The van der Waals surface area contributed by atoms with Crippen LogP contribution in [0.15, 0.2) is 34.6 Å². The van der Waals surface area contributed by atoms with Gasteiger partial charge in [-0.1, -0.05) is 17.7 Å². The van der Waals surface area contributed by atoms with Gasteiger partial charge < -0.3 is 5.11 Å². The Hall–Kier alpha value is -0.690. The van der Waals surface area contributed by atoms with Crippen LogP contribution in [-0.2, 0) is 0 Å². The lowest BCUT2D eigenvalue weighted by molar-refractivity contribution is 0.401. The Balaban J connectivity index is 2.90. The maximum atomic E-state index is 9.04. The fourth-order valence-electron chi connectivity index (χ4n) is 0.724. The molecule has 54 valence electrons. The summed E-state index contributed by atoms with van der Waals surface area (Å²) in [6, 6.07) is 0. The van der Waals surface area contributed by atoms with Crippen LogP contribution >= 0.6 is 11.6 Å². The molecule has 0 radical (unpaired) electrons. The van der Waals surface area contributed by atoms with Gasteiger partial charge in [0.1, 0.15) is 0 Å². The third-order valence-electron chi connectivity index (χ3n) is 1.42. The summed E-state index contributed by atoms with van der Waals surface area (Å²) >= 11 is 5.77. The highest BCUT2D eigenvalue weighted by Crippen LogP contribution is 2.19. The molecule has 0 atom stereocenters. The zero-order valence-corrected chi connectivity index (χ0v) is 6.52. The molecule has 0 fully saturated rings. The summed E-state index contributed by atoms with van der Waals surface area (Å²) in [5.41, 5.74) is 1.02. The smallest absolute Gasteiger partial charge is 0.0960 e. The van der Waals surface area contributed by atoms with Crippen molar-refractivity contribution >= 4 is 11.6 Å². The van der Waals surface area contributed by atoms with Gasteiger partial charge in [0, 0.05) is 11.5 Å². The number of rotatable bonds is 0. The van der Waals surface area contributed by atoms with Crippen molar-refractivity contribution < 1.29 is 5.11 Å². The largest absolute Gasteiger partial charge is 0.512 e. The number of allylic oxidation sites excluding steroid dienone is 5. The van der Waals surface area contributed by atoms with Crippen molar-refractivity contribution in [2.45, 2.75) is 13.3 Å². The molecule has 1 aliphatic rings. The molecule has 0 spiro atoms. The van der Waals surface area contributed by atoms with Crippen molar-refractivity contribution in [3.63, 3.8) is 0 Å². The summed E-state index contributed by atoms with van der Waals surface area (Å²) in [7, 11) is 0. The quantitative estimate of drug-likeness (QED) is 0.572. The molecule has 2 heteroatoms. The average Bonchev–Trinajstić information content (AvgIpc) is 2.04. The third-order valence-corrected chi connectivity index (χ3v) is 1.84. The molecule has 0 heterocycles. The lowest BCUT2D eigenvalue weighted by Gasteiger charge is -1.92. The first-order chi connectivity index (χ1) is 4.70. The van der Waals surface area contributed by atoms with Gasteiger partial charge >= 0.3 is 0 Å². The lowest BCUT2D eigenvalue weighted by atomic mass is 10.2. The van der Waals surface area contributed by atoms with E-state index in [1.165, 1.54) is 0 Å². The Labute approximate surface area is 65.3 Å². The van der Waals surface area contributed by atoms with Crippen LogP contribution in [0.1, 0.15) is 13.3 Å². The standard InChI is InChI=1S/C8H9ClO/c1-6-2-3-7(10)4-5-8(6)9/h2,4-5,10H,3H2,1H3. The fourth-order valence-corrected chi connectivity index (χ4v) is 0.864. The number of halogens is 1. The topological polar surface area (TPSA) is 20.2 Å². The van der Waals surface area contributed by atoms with E-state index in [2.05, 4.69) is 0 Å². The van der Waals surface area contributed by atoms with Gasteiger partial charge in [0.05, 0.1) is 5.76 Å². The van der Waals surface area contributed by atoms with Crippen LogP contribution in [0.2, 0.25) is 0 Å². The Kier molecular flexibility index (Phi) is 2.17. The molecule has 0 unspecified atom stereocenters. The maximum Gasteiger partial charge on any atom is 0.0960 e. The molecule has 10 heavy (non-hydrogen) atoms. The van der Waals surface area contributed by atoms with Crippen LogP contribution in [0.5, 0.6) is 0 Å². The van der Waals surface area contributed by atoms with Crippen LogP contribution in [0.25, 0.3) is 0 Å². The molecule has 1 rings (SSSR count). The van der Waals surface area contributed by atoms with E-state index in [0.29, 0.717) is 17.2 Å². The van der Waals surface area contributed by atoms with Gasteiger partial charge in [0.25, 0.3) is 0 Å². The van der Waals surface area contributed by atoms with Gasteiger partial charge in [-0.05, 0) is 24.6 Å². The molecule has 0 saturated carbocycles. The average molecular weight is 157 g/mol. The highest BCUT2D eigenvalue weighted by atomic mass is 35.5. The molecule has 0 aliphatic heterocycles. The lowest BCUT2D eigenvalue weighted by Crippen LogP contribution is -1.75. The number of hydrogen-bond donors (Lipinski definition) is 1. The normalized spacial score (nSPS) is 18.8. The van der Waals surface area contributed by atoms with Crippen LogP contribution in [0, 0.1) is 0 Å². The fraction of sp³-hybridized carbons (Fsp3) is 0.250. The molecular formula is C8H9ClO. The van der Waals surface area contributed by atoms with Crippen molar-refractivity contribution in [3.8, 4) is 0 Å². The second-order valence-corrected chi connectivity index (χ2v) is 2.67. The van der Waals surface area contributed by atoms with Crippen molar-refractivity contribution in [1.82, 2.24) is 0 Å². The van der Waals surface area contributed by atoms with Crippen LogP contribution in [-0.4, -0.2) is 5.11 Å². The van der Waals surface area contributed by atoms with Crippen molar-refractivity contribution in [3.05, 3.63) is 34.6 Å². The third kappa shape index (κ3) is 1.64. The van der Waals surface area contributed by atoms with E-state index < -0.39 is 0 Å². The minimum absolute atomic E-state index is 0.356. The molecule has 1 nitrogen and oxygen atoms in total. The van der Waals surface area contributed by atoms with Crippen LogP contribution in [0.4, 0.5) is 0 Å². The molecule has 0 aromatic carbocycles.